The summed E-state index contributed by atoms with van der Waals surface area (Å²) in [6, 6.07) is 8.08. The van der Waals surface area contributed by atoms with Gasteiger partial charge in [-0.2, -0.15) is 0 Å². The van der Waals surface area contributed by atoms with E-state index in [4.69, 9.17) is 15.5 Å². The molecule has 156 valence electrons. The number of pyridine rings is 1. The smallest absolute Gasteiger partial charge is 0.232 e. The summed E-state index contributed by atoms with van der Waals surface area (Å²) in [6.07, 6.45) is 1.77. The molecule has 8 heteroatoms. The van der Waals surface area contributed by atoms with Crippen molar-refractivity contribution in [2.24, 2.45) is 0 Å². The number of nitrogens with zero attached hydrogens (tertiary/aromatic N) is 3. The van der Waals surface area contributed by atoms with Crippen LogP contribution in [0, 0.1) is 6.92 Å². The Kier molecular flexibility index (Phi) is 5.92. The molecule has 3 aromatic heterocycles. The van der Waals surface area contributed by atoms with Gasteiger partial charge in [-0.15, -0.1) is 0 Å². The minimum Gasteiger partial charge on any atom is -0.611 e. The number of nitrogen functional groups attached to an aromatic ring is 1. The summed E-state index contributed by atoms with van der Waals surface area (Å²) in [5.74, 6) is 0.661. The summed E-state index contributed by atoms with van der Waals surface area (Å²) in [7, 11) is 1.60. The van der Waals surface area contributed by atoms with Crippen molar-refractivity contribution in [3.05, 3.63) is 41.7 Å². The van der Waals surface area contributed by atoms with Crippen LogP contribution >= 0.6 is 11.3 Å². The lowest BCUT2D eigenvalue weighted by molar-refractivity contribution is 0.217. The van der Waals surface area contributed by atoms with Gasteiger partial charge in [-0.1, -0.05) is 31.3 Å². The Labute approximate surface area is 182 Å². The molecule has 0 spiro atoms. The van der Waals surface area contributed by atoms with Crippen molar-refractivity contribution in [2.75, 3.05) is 25.2 Å². The number of benzene rings is 1. The fraction of sp³-hybridized carbons (Fsp3) is 0.318. The second-order valence-electron chi connectivity index (χ2n) is 7.49. The molecule has 4 aromatic rings. The standard InChI is InChI=1S/C22H24N4O2S2/c1-12(2)15-10-17(14-5-6-16-18(9-14)25-13(3)11-24-16)26-21-19(15)20(23)22(29-21)30(27)8-7-28-4/h5-6,9-12H,7-8,23H2,1-4H3. The van der Waals surface area contributed by atoms with Crippen molar-refractivity contribution in [3.8, 4) is 11.3 Å². The molecular formula is C22H24N4O2S2. The van der Waals surface area contributed by atoms with Crippen molar-refractivity contribution in [2.45, 2.75) is 30.9 Å². The number of nitrogens with two attached hydrogens (primary N) is 1. The van der Waals surface area contributed by atoms with E-state index in [-0.39, 0.29) is 5.92 Å². The van der Waals surface area contributed by atoms with E-state index < -0.39 is 11.2 Å². The van der Waals surface area contributed by atoms with Crippen molar-refractivity contribution >= 4 is 49.5 Å². The van der Waals surface area contributed by atoms with Gasteiger partial charge in [0, 0.05) is 35.4 Å². The molecule has 0 fully saturated rings. The fourth-order valence-electron chi connectivity index (χ4n) is 3.42. The lowest BCUT2D eigenvalue weighted by atomic mass is 9.97. The largest absolute Gasteiger partial charge is 0.611 e. The van der Waals surface area contributed by atoms with Gasteiger partial charge in [-0.05, 0) is 36.6 Å². The Balaban J connectivity index is 1.87. The van der Waals surface area contributed by atoms with E-state index in [1.165, 1.54) is 11.3 Å². The fourth-order valence-corrected chi connectivity index (χ4v) is 5.99. The number of rotatable bonds is 6. The first-order chi connectivity index (χ1) is 14.4. The van der Waals surface area contributed by atoms with Crippen LogP contribution < -0.4 is 5.73 Å². The summed E-state index contributed by atoms with van der Waals surface area (Å²) in [5.41, 5.74) is 12.5. The Morgan fingerprint density at radius 2 is 2.00 bits per heavy atom. The number of hydrogen-bond donors (Lipinski definition) is 1. The Hall–Kier alpha value is -2.26. The molecule has 0 saturated heterocycles. The highest BCUT2D eigenvalue weighted by Crippen LogP contribution is 2.42. The molecule has 0 aliphatic heterocycles. The van der Waals surface area contributed by atoms with E-state index in [1.54, 1.807) is 13.3 Å². The van der Waals surface area contributed by atoms with Crippen LogP contribution in [0.4, 0.5) is 5.69 Å². The van der Waals surface area contributed by atoms with Crippen molar-refractivity contribution < 1.29 is 9.29 Å². The van der Waals surface area contributed by atoms with Crippen molar-refractivity contribution in [1.82, 2.24) is 15.0 Å². The molecule has 0 aliphatic carbocycles. The van der Waals surface area contributed by atoms with Crippen LogP contribution in [0.3, 0.4) is 0 Å². The molecule has 0 bridgehead atoms. The zero-order valence-electron chi connectivity index (χ0n) is 17.4. The second-order valence-corrected chi connectivity index (χ2v) is 10.3. The molecule has 3 heterocycles. The molecule has 1 atom stereocenters. The molecule has 0 radical (unpaired) electrons. The topological polar surface area (TPSA) is 97.0 Å². The Bertz CT molecular complexity index is 1220. The predicted molar refractivity (Wildman–Crippen MR) is 125 cm³/mol. The maximum atomic E-state index is 12.7. The van der Waals surface area contributed by atoms with Crippen LogP contribution in [0.2, 0.25) is 0 Å². The average molecular weight is 441 g/mol. The highest BCUT2D eigenvalue weighted by molar-refractivity contribution is 7.93. The van der Waals surface area contributed by atoms with Crippen LogP contribution in [0.15, 0.2) is 34.7 Å². The lowest BCUT2D eigenvalue weighted by Gasteiger charge is -2.12. The number of fused-ring (bicyclic) bond motifs is 2. The summed E-state index contributed by atoms with van der Waals surface area (Å²) >= 11 is 0.198. The maximum Gasteiger partial charge on any atom is 0.232 e. The average Bonchev–Trinajstić information content (AvgIpc) is 3.07. The van der Waals surface area contributed by atoms with Gasteiger partial charge in [-0.25, -0.2) is 9.97 Å². The van der Waals surface area contributed by atoms with Crippen LogP contribution in [-0.2, 0) is 15.9 Å². The molecular weight excluding hydrogens is 416 g/mol. The zero-order valence-corrected chi connectivity index (χ0v) is 19.1. The van der Waals surface area contributed by atoms with Gasteiger partial charge in [0.1, 0.15) is 16.3 Å². The highest BCUT2D eigenvalue weighted by atomic mass is 32.2. The molecule has 0 saturated carbocycles. The van der Waals surface area contributed by atoms with Gasteiger partial charge >= 0.3 is 0 Å². The maximum absolute atomic E-state index is 12.7. The molecule has 4 rings (SSSR count). The van der Waals surface area contributed by atoms with Crippen LogP contribution in [0.1, 0.15) is 31.0 Å². The predicted octanol–water partition coefficient (Wildman–Crippen LogP) is 4.67. The minimum atomic E-state index is -1.21. The second kappa shape index (κ2) is 8.47. The van der Waals surface area contributed by atoms with E-state index in [0.717, 1.165) is 43.8 Å². The molecule has 1 unspecified atom stereocenters. The normalized spacial score (nSPS) is 12.9. The number of methoxy groups -OCH3 is 1. The van der Waals surface area contributed by atoms with Gasteiger partial charge in [0.25, 0.3) is 0 Å². The van der Waals surface area contributed by atoms with E-state index in [0.29, 0.717) is 22.3 Å². The van der Waals surface area contributed by atoms with E-state index in [1.807, 2.05) is 25.1 Å². The molecule has 0 aliphatic rings. The van der Waals surface area contributed by atoms with Gasteiger partial charge in [0.05, 0.1) is 29.0 Å². The molecule has 1 aromatic carbocycles. The lowest BCUT2D eigenvalue weighted by Crippen LogP contribution is -2.11. The van der Waals surface area contributed by atoms with Gasteiger partial charge in [0.15, 0.2) is 0 Å². The van der Waals surface area contributed by atoms with Crippen LogP contribution in [0.25, 0.3) is 32.5 Å². The first-order valence-corrected chi connectivity index (χ1v) is 11.9. The van der Waals surface area contributed by atoms with Gasteiger partial charge in [0.2, 0.25) is 4.21 Å². The third kappa shape index (κ3) is 3.88. The van der Waals surface area contributed by atoms with Crippen molar-refractivity contribution in [3.63, 3.8) is 0 Å². The van der Waals surface area contributed by atoms with Gasteiger partial charge in [-0.3, -0.25) is 4.98 Å². The number of aryl methyl sites for hydroxylation is 1. The Morgan fingerprint density at radius 1 is 1.20 bits per heavy atom. The third-order valence-corrected chi connectivity index (χ3v) is 7.83. The number of hydrogen-bond acceptors (Lipinski definition) is 7. The van der Waals surface area contributed by atoms with E-state index >= 15 is 0 Å². The van der Waals surface area contributed by atoms with Crippen molar-refractivity contribution in [1.29, 1.82) is 0 Å². The third-order valence-electron chi connectivity index (χ3n) is 4.96. The SMILES string of the molecule is COCC[S+]([O-])c1sc2nc(-c3ccc4ncc(C)nc4c3)cc(C(C)C)c2c1N. The quantitative estimate of drug-likeness (QED) is 0.438. The van der Waals surface area contributed by atoms with E-state index in [9.17, 15) is 4.55 Å². The van der Waals surface area contributed by atoms with Crippen LogP contribution in [0.5, 0.6) is 0 Å². The Morgan fingerprint density at radius 3 is 2.73 bits per heavy atom. The zero-order chi connectivity index (χ0) is 21.4. The first kappa shape index (κ1) is 21.0. The molecule has 0 amide bonds. The highest BCUT2D eigenvalue weighted by Gasteiger charge is 2.25. The summed E-state index contributed by atoms with van der Waals surface area (Å²) in [5, 5.41) is 0.913. The van der Waals surface area contributed by atoms with E-state index in [2.05, 4.69) is 29.9 Å². The number of anilines is 1. The first-order valence-electron chi connectivity index (χ1n) is 9.73. The molecule has 30 heavy (non-hydrogen) atoms. The summed E-state index contributed by atoms with van der Waals surface area (Å²) < 4.78 is 18.5. The summed E-state index contributed by atoms with van der Waals surface area (Å²) in [6.45, 7) is 6.62. The minimum absolute atomic E-state index is 0.244. The summed E-state index contributed by atoms with van der Waals surface area (Å²) in [4.78, 5) is 14.7. The van der Waals surface area contributed by atoms with Crippen LogP contribution in [-0.4, -0.2) is 39.0 Å². The van der Waals surface area contributed by atoms with Gasteiger partial charge < -0.3 is 15.0 Å². The number of aromatic nitrogens is 3. The monoisotopic (exact) mass is 440 g/mol. The molecule has 6 nitrogen and oxygen atoms in total. The number of ether oxygens (including phenoxy) is 1. The number of thiophene rings is 1. The molecule has 2 N–H and O–H groups in total.